The second-order valence-electron chi connectivity index (χ2n) is 6.43. The van der Waals surface area contributed by atoms with E-state index in [-0.39, 0.29) is 0 Å². The molecule has 2 heteroatoms. The molecule has 1 saturated carbocycles. The summed E-state index contributed by atoms with van der Waals surface area (Å²) in [4.78, 5) is 0. The highest BCUT2D eigenvalue weighted by Crippen LogP contribution is 2.33. The Bertz CT molecular complexity index is 416. The van der Waals surface area contributed by atoms with Crippen LogP contribution in [0.25, 0.3) is 0 Å². The van der Waals surface area contributed by atoms with Crippen molar-refractivity contribution in [2.75, 3.05) is 7.11 Å². The van der Waals surface area contributed by atoms with Gasteiger partial charge in [0.25, 0.3) is 0 Å². The van der Waals surface area contributed by atoms with Gasteiger partial charge in [-0.3, -0.25) is 0 Å². The summed E-state index contributed by atoms with van der Waals surface area (Å²) >= 11 is 0. The van der Waals surface area contributed by atoms with Gasteiger partial charge < -0.3 is 10.1 Å². The number of methoxy groups -OCH3 is 1. The Kier molecular flexibility index (Phi) is 5.47. The molecule has 0 saturated heterocycles. The molecule has 2 rings (SSSR count). The third kappa shape index (κ3) is 3.54. The average molecular weight is 275 g/mol. The van der Waals surface area contributed by atoms with Crippen LogP contribution in [-0.4, -0.2) is 13.2 Å². The first-order valence-corrected chi connectivity index (χ1v) is 8.02. The van der Waals surface area contributed by atoms with E-state index in [0.29, 0.717) is 12.1 Å². The van der Waals surface area contributed by atoms with Gasteiger partial charge in [0.1, 0.15) is 5.75 Å². The summed E-state index contributed by atoms with van der Waals surface area (Å²) in [5.41, 5.74) is 1.27. The smallest absolute Gasteiger partial charge is 0.123 e. The molecule has 0 spiro atoms. The summed E-state index contributed by atoms with van der Waals surface area (Å²) in [7, 11) is 1.75. The quantitative estimate of drug-likeness (QED) is 0.850. The molecule has 1 aliphatic carbocycles. The van der Waals surface area contributed by atoms with Crippen molar-refractivity contribution in [1.82, 2.24) is 5.32 Å². The monoisotopic (exact) mass is 275 g/mol. The molecule has 0 aromatic heterocycles. The van der Waals surface area contributed by atoms with Gasteiger partial charge in [0.15, 0.2) is 0 Å². The summed E-state index contributed by atoms with van der Waals surface area (Å²) in [6.45, 7) is 6.97. The molecule has 0 bridgehead atoms. The van der Waals surface area contributed by atoms with Crippen molar-refractivity contribution in [2.24, 2.45) is 11.8 Å². The van der Waals surface area contributed by atoms with Gasteiger partial charge in [-0.1, -0.05) is 44.9 Å². The number of benzene rings is 1. The molecule has 2 nitrogen and oxygen atoms in total. The van der Waals surface area contributed by atoms with Crippen LogP contribution in [0.4, 0.5) is 0 Å². The fourth-order valence-electron chi connectivity index (χ4n) is 3.60. The highest BCUT2D eigenvalue weighted by atomic mass is 16.5. The maximum absolute atomic E-state index is 5.49. The summed E-state index contributed by atoms with van der Waals surface area (Å²) in [5, 5.41) is 3.86. The molecular weight excluding hydrogens is 246 g/mol. The summed E-state index contributed by atoms with van der Waals surface area (Å²) in [5.74, 6) is 2.56. The van der Waals surface area contributed by atoms with Gasteiger partial charge in [0.05, 0.1) is 7.11 Å². The van der Waals surface area contributed by atoms with Gasteiger partial charge >= 0.3 is 0 Å². The Labute approximate surface area is 123 Å². The first kappa shape index (κ1) is 15.4. The number of para-hydroxylation sites is 1. The summed E-state index contributed by atoms with van der Waals surface area (Å²) in [6, 6.07) is 9.33. The standard InChI is InChI=1S/C18H29NO/c1-13(2)15-9-5-7-11-17(15)19-14(3)16-10-6-8-12-18(16)20-4/h6,8,10,12-15,17,19H,5,7,9,11H2,1-4H3/t14-,15?,17?/m1/s1. The third-order valence-electron chi connectivity index (χ3n) is 4.75. The van der Waals surface area contributed by atoms with E-state index >= 15 is 0 Å². The van der Waals surface area contributed by atoms with Crippen molar-refractivity contribution < 1.29 is 4.74 Å². The van der Waals surface area contributed by atoms with Gasteiger partial charge in [0, 0.05) is 17.6 Å². The number of nitrogens with one attached hydrogen (secondary N) is 1. The highest BCUT2D eigenvalue weighted by Gasteiger charge is 2.28. The molecule has 0 amide bonds. The van der Waals surface area contributed by atoms with Crippen molar-refractivity contribution in [1.29, 1.82) is 0 Å². The van der Waals surface area contributed by atoms with Crippen LogP contribution in [0.5, 0.6) is 5.75 Å². The second-order valence-corrected chi connectivity index (χ2v) is 6.43. The van der Waals surface area contributed by atoms with Crippen LogP contribution in [-0.2, 0) is 0 Å². The molecule has 1 fully saturated rings. The van der Waals surface area contributed by atoms with Crippen molar-refractivity contribution in [2.45, 2.75) is 58.5 Å². The Balaban J connectivity index is 2.07. The van der Waals surface area contributed by atoms with Crippen LogP contribution in [0.1, 0.15) is 58.1 Å². The van der Waals surface area contributed by atoms with Gasteiger partial charge in [0.2, 0.25) is 0 Å². The van der Waals surface area contributed by atoms with Gasteiger partial charge in [-0.05, 0) is 37.7 Å². The normalized spacial score (nSPS) is 24.6. The average Bonchev–Trinajstić information content (AvgIpc) is 2.47. The van der Waals surface area contributed by atoms with Crippen LogP contribution >= 0.6 is 0 Å². The number of ether oxygens (including phenoxy) is 1. The zero-order valence-electron chi connectivity index (χ0n) is 13.4. The third-order valence-corrected chi connectivity index (χ3v) is 4.75. The lowest BCUT2D eigenvalue weighted by Gasteiger charge is -2.37. The molecule has 2 unspecified atom stereocenters. The molecule has 1 aromatic rings. The maximum Gasteiger partial charge on any atom is 0.123 e. The first-order chi connectivity index (χ1) is 9.63. The van der Waals surface area contributed by atoms with E-state index in [1.165, 1.54) is 31.2 Å². The van der Waals surface area contributed by atoms with Crippen LogP contribution in [0, 0.1) is 11.8 Å². The Morgan fingerprint density at radius 2 is 1.80 bits per heavy atom. The molecular formula is C18H29NO. The lowest BCUT2D eigenvalue weighted by atomic mass is 9.77. The van der Waals surface area contributed by atoms with Crippen LogP contribution < -0.4 is 10.1 Å². The molecule has 1 N–H and O–H groups in total. The number of rotatable bonds is 5. The fraction of sp³-hybridized carbons (Fsp3) is 0.667. The largest absolute Gasteiger partial charge is 0.496 e. The van der Waals surface area contributed by atoms with Gasteiger partial charge in [-0.15, -0.1) is 0 Å². The van der Waals surface area contributed by atoms with Crippen LogP contribution in [0.15, 0.2) is 24.3 Å². The molecule has 1 aliphatic rings. The molecule has 112 valence electrons. The zero-order valence-corrected chi connectivity index (χ0v) is 13.4. The zero-order chi connectivity index (χ0) is 14.5. The minimum absolute atomic E-state index is 0.343. The topological polar surface area (TPSA) is 21.3 Å². The number of hydrogen-bond donors (Lipinski definition) is 1. The Morgan fingerprint density at radius 1 is 1.10 bits per heavy atom. The number of hydrogen-bond acceptors (Lipinski definition) is 2. The SMILES string of the molecule is COc1ccccc1[C@@H](C)NC1CCCCC1C(C)C. The minimum atomic E-state index is 0.343. The molecule has 0 heterocycles. The van der Waals surface area contributed by atoms with Crippen molar-refractivity contribution in [3.8, 4) is 5.75 Å². The van der Waals surface area contributed by atoms with Crippen molar-refractivity contribution in [3.05, 3.63) is 29.8 Å². The van der Waals surface area contributed by atoms with E-state index in [2.05, 4.69) is 38.2 Å². The maximum atomic E-state index is 5.49. The van der Waals surface area contributed by atoms with E-state index in [1.807, 2.05) is 12.1 Å². The second kappa shape index (κ2) is 7.12. The van der Waals surface area contributed by atoms with Crippen LogP contribution in [0.3, 0.4) is 0 Å². The predicted octanol–water partition coefficient (Wildman–Crippen LogP) is 4.56. The lowest BCUT2D eigenvalue weighted by Crippen LogP contribution is -2.42. The molecule has 0 aliphatic heterocycles. The molecule has 0 radical (unpaired) electrons. The van der Waals surface area contributed by atoms with E-state index in [0.717, 1.165) is 17.6 Å². The first-order valence-electron chi connectivity index (χ1n) is 8.02. The van der Waals surface area contributed by atoms with Gasteiger partial charge in [-0.2, -0.15) is 0 Å². The highest BCUT2D eigenvalue weighted by molar-refractivity contribution is 5.35. The Hall–Kier alpha value is -1.02. The van der Waals surface area contributed by atoms with Crippen molar-refractivity contribution >= 4 is 0 Å². The van der Waals surface area contributed by atoms with E-state index in [4.69, 9.17) is 4.74 Å². The Morgan fingerprint density at radius 3 is 2.50 bits per heavy atom. The van der Waals surface area contributed by atoms with Gasteiger partial charge in [-0.25, -0.2) is 0 Å². The fourth-order valence-corrected chi connectivity index (χ4v) is 3.60. The summed E-state index contributed by atoms with van der Waals surface area (Å²) < 4.78 is 5.49. The lowest BCUT2D eigenvalue weighted by molar-refractivity contribution is 0.194. The molecule has 3 atom stereocenters. The minimum Gasteiger partial charge on any atom is -0.496 e. The van der Waals surface area contributed by atoms with E-state index in [9.17, 15) is 0 Å². The van der Waals surface area contributed by atoms with E-state index < -0.39 is 0 Å². The molecule has 1 aromatic carbocycles. The van der Waals surface area contributed by atoms with Crippen molar-refractivity contribution in [3.63, 3.8) is 0 Å². The van der Waals surface area contributed by atoms with E-state index in [1.54, 1.807) is 7.11 Å². The molecule has 20 heavy (non-hydrogen) atoms. The summed E-state index contributed by atoms with van der Waals surface area (Å²) in [6.07, 6.45) is 5.43. The predicted molar refractivity (Wildman–Crippen MR) is 85.1 cm³/mol. The van der Waals surface area contributed by atoms with Crippen LogP contribution in [0.2, 0.25) is 0 Å².